The first-order valence-corrected chi connectivity index (χ1v) is 7.04. The minimum atomic E-state index is -0.469. The van der Waals surface area contributed by atoms with Gasteiger partial charge in [-0.3, -0.25) is 4.79 Å². The maximum absolute atomic E-state index is 12.3. The Labute approximate surface area is 112 Å². The average molecular weight is 258 g/mol. The first-order valence-electron chi connectivity index (χ1n) is 7.04. The topological polar surface area (TPSA) is 35.5 Å². The van der Waals surface area contributed by atoms with Crippen LogP contribution >= 0.6 is 0 Å². The molecule has 0 radical (unpaired) electrons. The second kappa shape index (κ2) is 8.52. The highest BCUT2D eigenvalue weighted by Crippen LogP contribution is 2.35. The molecule has 0 aliphatic carbocycles. The van der Waals surface area contributed by atoms with Gasteiger partial charge in [0.05, 0.1) is 18.6 Å². The van der Waals surface area contributed by atoms with Crippen molar-refractivity contribution in [1.29, 1.82) is 0 Å². The van der Waals surface area contributed by atoms with E-state index in [0.717, 1.165) is 19.3 Å². The van der Waals surface area contributed by atoms with Gasteiger partial charge >= 0.3 is 5.97 Å². The molecule has 3 nitrogen and oxygen atoms in total. The molecule has 1 atom stereocenters. The molecule has 0 fully saturated rings. The molecule has 3 heteroatoms. The quantitative estimate of drug-likeness (QED) is 0.592. The van der Waals surface area contributed by atoms with Crippen LogP contribution in [-0.4, -0.2) is 26.3 Å². The Kier molecular flexibility index (Phi) is 8.25. The summed E-state index contributed by atoms with van der Waals surface area (Å²) >= 11 is 0. The number of esters is 1. The summed E-state index contributed by atoms with van der Waals surface area (Å²) in [6.07, 6.45) is 2.69. The van der Waals surface area contributed by atoms with Gasteiger partial charge in [0, 0.05) is 7.11 Å². The minimum Gasteiger partial charge on any atom is -0.465 e. The lowest BCUT2D eigenvalue weighted by Gasteiger charge is -2.33. The van der Waals surface area contributed by atoms with Crippen molar-refractivity contribution in [3.8, 4) is 0 Å². The van der Waals surface area contributed by atoms with E-state index < -0.39 is 5.41 Å². The van der Waals surface area contributed by atoms with Crippen molar-refractivity contribution in [2.24, 2.45) is 17.3 Å². The van der Waals surface area contributed by atoms with Crippen molar-refractivity contribution in [1.82, 2.24) is 0 Å². The zero-order chi connectivity index (χ0) is 14.2. The van der Waals surface area contributed by atoms with Crippen LogP contribution in [0.15, 0.2) is 0 Å². The van der Waals surface area contributed by atoms with Gasteiger partial charge < -0.3 is 9.47 Å². The summed E-state index contributed by atoms with van der Waals surface area (Å²) in [5, 5.41) is 0. The highest BCUT2D eigenvalue weighted by molar-refractivity contribution is 5.77. The van der Waals surface area contributed by atoms with E-state index in [-0.39, 0.29) is 5.97 Å². The van der Waals surface area contributed by atoms with Crippen molar-refractivity contribution < 1.29 is 14.3 Å². The van der Waals surface area contributed by atoms with Crippen LogP contribution < -0.4 is 0 Å². The maximum atomic E-state index is 12.3. The van der Waals surface area contributed by atoms with Crippen LogP contribution in [0.5, 0.6) is 0 Å². The predicted molar refractivity (Wildman–Crippen MR) is 74.5 cm³/mol. The van der Waals surface area contributed by atoms with Crippen LogP contribution in [0.25, 0.3) is 0 Å². The lowest BCUT2D eigenvalue weighted by molar-refractivity contribution is -0.161. The summed E-state index contributed by atoms with van der Waals surface area (Å²) in [4.78, 5) is 12.3. The van der Waals surface area contributed by atoms with Crippen molar-refractivity contribution >= 4 is 5.97 Å². The van der Waals surface area contributed by atoms with Gasteiger partial charge in [-0.1, -0.05) is 27.7 Å². The summed E-state index contributed by atoms with van der Waals surface area (Å²) in [5.74, 6) is 0.945. The summed E-state index contributed by atoms with van der Waals surface area (Å²) in [6.45, 7) is 11.4. The van der Waals surface area contributed by atoms with Crippen molar-refractivity contribution in [3.63, 3.8) is 0 Å². The third-order valence-corrected chi connectivity index (χ3v) is 3.13. The molecule has 0 heterocycles. The fraction of sp³-hybridized carbons (Fsp3) is 0.933. The number of methoxy groups -OCH3 is 1. The Morgan fingerprint density at radius 2 is 1.78 bits per heavy atom. The van der Waals surface area contributed by atoms with Crippen LogP contribution in [0.3, 0.4) is 0 Å². The number of carbonyl (C=O) groups excluding carboxylic acids is 1. The highest BCUT2D eigenvalue weighted by atomic mass is 16.5. The third-order valence-electron chi connectivity index (χ3n) is 3.13. The highest BCUT2D eigenvalue weighted by Gasteiger charge is 2.40. The predicted octanol–water partition coefficient (Wildman–Crippen LogP) is 3.66. The van der Waals surface area contributed by atoms with E-state index in [1.54, 1.807) is 7.11 Å². The second-order valence-electron chi connectivity index (χ2n) is 5.96. The third kappa shape index (κ3) is 5.85. The number of ether oxygens (including phenoxy) is 2. The lowest BCUT2D eigenvalue weighted by atomic mass is 9.76. The normalized spacial score (nSPS) is 14.9. The summed E-state index contributed by atoms with van der Waals surface area (Å²) in [7, 11) is 1.66. The summed E-state index contributed by atoms with van der Waals surface area (Å²) in [5.41, 5.74) is -0.469. The van der Waals surface area contributed by atoms with Gasteiger partial charge in [0.25, 0.3) is 0 Å². The molecule has 0 aromatic rings. The van der Waals surface area contributed by atoms with E-state index in [1.807, 2.05) is 6.92 Å². The molecule has 0 aliphatic rings. The molecule has 0 aromatic carbocycles. The Bertz CT molecular complexity index is 236. The molecular weight excluding hydrogens is 228 g/mol. The Morgan fingerprint density at radius 1 is 1.17 bits per heavy atom. The van der Waals surface area contributed by atoms with E-state index in [9.17, 15) is 4.79 Å². The van der Waals surface area contributed by atoms with Gasteiger partial charge in [0.1, 0.15) is 0 Å². The smallest absolute Gasteiger partial charge is 0.314 e. The van der Waals surface area contributed by atoms with Gasteiger partial charge in [0.15, 0.2) is 0 Å². The fourth-order valence-corrected chi connectivity index (χ4v) is 2.38. The standard InChI is InChI=1S/C15H30O3/c1-7-18-14(16)15(11-17-6,10-13(4)5)9-8-12(2)3/h12-13H,7-11H2,1-6H3. The van der Waals surface area contributed by atoms with Crippen LogP contribution in [0.2, 0.25) is 0 Å². The summed E-state index contributed by atoms with van der Waals surface area (Å²) in [6, 6.07) is 0. The van der Waals surface area contributed by atoms with Crippen molar-refractivity contribution in [3.05, 3.63) is 0 Å². The first-order chi connectivity index (χ1) is 8.38. The number of carbonyl (C=O) groups is 1. The molecule has 1 unspecified atom stereocenters. The number of rotatable bonds is 9. The van der Waals surface area contributed by atoms with Gasteiger partial charge in [-0.15, -0.1) is 0 Å². The number of hydrogen-bond donors (Lipinski definition) is 0. The molecule has 18 heavy (non-hydrogen) atoms. The Hall–Kier alpha value is -0.570. The largest absolute Gasteiger partial charge is 0.465 e. The average Bonchev–Trinajstić information content (AvgIpc) is 2.25. The molecule has 0 N–H and O–H groups in total. The van der Waals surface area contributed by atoms with Gasteiger partial charge in [0.2, 0.25) is 0 Å². The van der Waals surface area contributed by atoms with Gasteiger partial charge in [-0.25, -0.2) is 0 Å². The van der Waals surface area contributed by atoms with E-state index in [0.29, 0.717) is 25.0 Å². The monoisotopic (exact) mass is 258 g/mol. The lowest BCUT2D eigenvalue weighted by Crippen LogP contribution is -2.39. The molecule has 0 aromatic heterocycles. The maximum Gasteiger partial charge on any atom is 0.314 e. The van der Waals surface area contributed by atoms with E-state index in [1.165, 1.54) is 0 Å². The van der Waals surface area contributed by atoms with Crippen LogP contribution in [0.4, 0.5) is 0 Å². The van der Waals surface area contributed by atoms with Crippen LogP contribution in [0, 0.1) is 17.3 Å². The Balaban J connectivity index is 4.94. The van der Waals surface area contributed by atoms with Crippen LogP contribution in [-0.2, 0) is 14.3 Å². The molecule has 0 amide bonds. The zero-order valence-corrected chi connectivity index (χ0v) is 12.9. The first kappa shape index (κ1) is 17.4. The molecular formula is C15H30O3. The van der Waals surface area contributed by atoms with Gasteiger partial charge in [-0.05, 0) is 38.0 Å². The van der Waals surface area contributed by atoms with Crippen molar-refractivity contribution in [2.45, 2.75) is 53.9 Å². The minimum absolute atomic E-state index is 0.0961. The molecule has 0 saturated carbocycles. The molecule has 0 saturated heterocycles. The molecule has 0 aliphatic heterocycles. The molecule has 0 bridgehead atoms. The Morgan fingerprint density at radius 3 is 2.17 bits per heavy atom. The van der Waals surface area contributed by atoms with E-state index >= 15 is 0 Å². The fourth-order valence-electron chi connectivity index (χ4n) is 2.38. The van der Waals surface area contributed by atoms with E-state index in [4.69, 9.17) is 9.47 Å². The van der Waals surface area contributed by atoms with E-state index in [2.05, 4.69) is 27.7 Å². The molecule has 0 spiro atoms. The zero-order valence-electron chi connectivity index (χ0n) is 12.9. The van der Waals surface area contributed by atoms with Crippen molar-refractivity contribution in [2.75, 3.05) is 20.3 Å². The SMILES string of the molecule is CCOC(=O)C(CCC(C)C)(COC)CC(C)C. The van der Waals surface area contributed by atoms with Crippen LogP contribution in [0.1, 0.15) is 53.9 Å². The summed E-state index contributed by atoms with van der Waals surface area (Å²) < 4.78 is 10.6. The second-order valence-corrected chi connectivity index (χ2v) is 5.96. The molecule has 0 rings (SSSR count). The number of hydrogen-bond acceptors (Lipinski definition) is 3. The molecule has 108 valence electrons. The van der Waals surface area contributed by atoms with Gasteiger partial charge in [-0.2, -0.15) is 0 Å².